The molecule has 0 bridgehead atoms. The molecule has 2 N–H and O–H groups in total. The number of halogens is 2. The van der Waals surface area contributed by atoms with Crippen molar-refractivity contribution in [2.75, 3.05) is 7.11 Å². The number of hydrogen-bond donors (Lipinski definition) is 1. The number of sulfonamides is 1. The Labute approximate surface area is 171 Å². The quantitative estimate of drug-likeness (QED) is 0.479. The van der Waals surface area contributed by atoms with Crippen LogP contribution in [-0.2, 0) is 21.4 Å². The number of rotatable bonds is 5. The number of ether oxygens (including phenoxy) is 2. The zero-order valence-electron chi connectivity index (χ0n) is 14.5. The molecule has 1 heterocycles. The van der Waals surface area contributed by atoms with Gasteiger partial charge in [-0.3, -0.25) is 0 Å². The lowest BCUT2D eigenvalue weighted by molar-refractivity contribution is 0.0472. The molecule has 1 aromatic heterocycles. The molecule has 3 rings (SSSR count). The number of carbonyl (C=O) groups excluding carboxylic acids is 1. The Hall–Kier alpha value is -2.39. The van der Waals surface area contributed by atoms with E-state index in [1.807, 2.05) is 0 Å². The molecule has 0 radical (unpaired) electrons. The van der Waals surface area contributed by atoms with E-state index in [9.17, 15) is 13.2 Å². The standard InChI is InChI=1S/C18H14Cl2N2O5S/c1-26-12-3-2-10-6-11(17(20)22-16(10)7-12)9-27-18(23)14-8-13(28(21,24)25)4-5-15(14)19/h2-8H,9H2,1H3,(H2,21,24,25). The van der Waals surface area contributed by atoms with Crippen LogP contribution in [0.4, 0.5) is 0 Å². The first kappa shape index (κ1) is 20.3. The highest BCUT2D eigenvalue weighted by molar-refractivity contribution is 7.89. The molecule has 0 saturated carbocycles. The van der Waals surface area contributed by atoms with Crippen molar-refractivity contribution in [3.05, 3.63) is 63.8 Å². The largest absolute Gasteiger partial charge is 0.497 e. The number of esters is 1. The van der Waals surface area contributed by atoms with Crippen molar-refractivity contribution in [2.24, 2.45) is 5.14 Å². The van der Waals surface area contributed by atoms with Crippen molar-refractivity contribution >= 4 is 50.1 Å². The highest BCUT2D eigenvalue weighted by atomic mass is 35.5. The van der Waals surface area contributed by atoms with Crippen molar-refractivity contribution < 1.29 is 22.7 Å². The number of methoxy groups -OCH3 is 1. The summed E-state index contributed by atoms with van der Waals surface area (Å²) in [6, 6.07) is 10.6. The SMILES string of the molecule is COc1ccc2cc(COC(=O)c3cc(S(N)(=O)=O)ccc3Cl)c(Cl)nc2c1. The number of carbonyl (C=O) groups is 1. The maximum absolute atomic E-state index is 12.4. The third kappa shape index (κ3) is 4.36. The number of primary sulfonamides is 1. The minimum absolute atomic E-state index is 0.0345. The van der Waals surface area contributed by atoms with Gasteiger partial charge in [-0.05, 0) is 36.4 Å². The van der Waals surface area contributed by atoms with Crippen LogP contribution in [0.3, 0.4) is 0 Å². The zero-order valence-corrected chi connectivity index (χ0v) is 16.8. The number of hydrogen-bond acceptors (Lipinski definition) is 6. The molecule has 0 spiro atoms. The topological polar surface area (TPSA) is 109 Å². The van der Waals surface area contributed by atoms with Crippen molar-refractivity contribution in [3.8, 4) is 5.75 Å². The molecule has 28 heavy (non-hydrogen) atoms. The van der Waals surface area contributed by atoms with E-state index in [1.165, 1.54) is 12.1 Å². The lowest BCUT2D eigenvalue weighted by atomic mass is 10.1. The van der Waals surface area contributed by atoms with Crippen LogP contribution in [0.5, 0.6) is 5.75 Å². The van der Waals surface area contributed by atoms with Gasteiger partial charge in [0.2, 0.25) is 10.0 Å². The fourth-order valence-electron chi connectivity index (χ4n) is 2.45. The molecule has 0 aliphatic rings. The van der Waals surface area contributed by atoms with Gasteiger partial charge in [0.05, 0.1) is 28.1 Å². The molecular formula is C18H14Cl2N2O5S. The van der Waals surface area contributed by atoms with E-state index in [2.05, 4.69) is 4.98 Å². The Bertz CT molecular complexity index is 1180. The number of nitrogens with zero attached hydrogens (tertiary/aromatic N) is 1. The smallest absolute Gasteiger partial charge is 0.340 e. The van der Waals surface area contributed by atoms with Gasteiger partial charge in [0.1, 0.15) is 17.5 Å². The Balaban J connectivity index is 1.84. The van der Waals surface area contributed by atoms with Crippen LogP contribution >= 0.6 is 23.2 Å². The predicted octanol–water partition coefficient (Wildman–Crippen LogP) is 3.55. The van der Waals surface area contributed by atoms with Crippen LogP contribution in [0.15, 0.2) is 47.4 Å². The third-order valence-electron chi connectivity index (χ3n) is 3.90. The van der Waals surface area contributed by atoms with Gasteiger partial charge < -0.3 is 9.47 Å². The maximum Gasteiger partial charge on any atom is 0.340 e. The average Bonchev–Trinajstić information content (AvgIpc) is 2.65. The summed E-state index contributed by atoms with van der Waals surface area (Å²) in [6.45, 7) is -0.178. The predicted molar refractivity (Wildman–Crippen MR) is 105 cm³/mol. The third-order valence-corrected chi connectivity index (χ3v) is 5.46. The molecule has 0 fully saturated rings. The van der Waals surface area contributed by atoms with Crippen LogP contribution in [0.2, 0.25) is 10.2 Å². The van der Waals surface area contributed by atoms with Crippen LogP contribution < -0.4 is 9.88 Å². The fourth-order valence-corrected chi connectivity index (χ4v) is 3.39. The molecule has 0 aliphatic carbocycles. The van der Waals surface area contributed by atoms with Gasteiger partial charge in [0.25, 0.3) is 0 Å². The summed E-state index contributed by atoms with van der Waals surface area (Å²) in [5.74, 6) is -0.180. The van der Waals surface area contributed by atoms with Crippen molar-refractivity contribution in [1.82, 2.24) is 4.98 Å². The van der Waals surface area contributed by atoms with E-state index in [0.717, 1.165) is 11.5 Å². The molecule has 0 saturated heterocycles. The normalized spacial score (nSPS) is 11.4. The second-order valence-corrected chi connectivity index (χ2v) is 8.09. The van der Waals surface area contributed by atoms with Crippen LogP contribution in [0.25, 0.3) is 10.9 Å². The van der Waals surface area contributed by atoms with Gasteiger partial charge in [0, 0.05) is 17.0 Å². The Morgan fingerprint density at radius 2 is 1.89 bits per heavy atom. The first-order valence-corrected chi connectivity index (χ1v) is 10.1. The first-order valence-electron chi connectivity index (χ1n) is 7.81. The number of aromatic nitrogens is 1. The van der Waals surface area contributed by atoms with Gasteiger partial charge in [-0.1, -0.05) is 23.2 Å². The molecule has 3 aromatic rings. The molecule has 0 amide bonds. The maximum atomic E-state index is 12.4. The summed E-state index contributed by atoms with van der Waals surface area (Å²) in [5.41, 5.74) is 0.984. The van der Waals surface area contributed by atoms with Crippen LogP contribution in [-0.4, -0.2) is 26.5 Å². The summed E-state index contributed by atoms with van der Waals surface area (Å²) in [7, 11) is -2.44. The zero-order chi connectivity index (χ0) is 20.5. The molecule has 10 heteroatoms. The summed E-state index contributed by atoms with van der Waals surface area (Å²) >= 11 is 12.2. The summed E-state index contributed by atoms with van der Waals surface area (Å²) in [4.78, 5) is 16.4. The van der Waals surface area contributed by atoms with Gasteiger partial charge in [-0.25, -0.2) is 23.3 Å². The van der Waals surface area contributed by atoms with E-state index < -0.39 is 16.0 Å². The highest BCUT2D eigenvalue weighted by Gasteiger charge is 2.18. The number of nitrogens with two attached hydrogens (primary N) is 1. The van der Waals surface area contributed by atoms with Crippen molar-refractivity contribution in [2.45, 2.75) is 11.5 Å². The number of benzene rings is 2. The molecule has 2 aromatic carbocycles. The second kappa shape index (κ2) is 7.92. The fraction of sp³-hybridized carbons (Fsp3) is 0.111. The van der Waals surface area contributed by atoms with Gasteiger partial charge >= 0.3 is 5.97 Å². The van der Waals surface area contributed by atoms with Crippen LogP contribution in [0, 0.1) is 0 Å². The first-order chi connectivity index (χ1) is 13.2. The molecule has 7 nitrogen and oxygen atoms in total. The molecule has 0 atom stereocenters. The van der Waals surface area contributed by atoms with E-state index in [1.54, 1.807) is 31.4 Å². The van der Waals surface area contributed by atoms with Crippen molar-refractivity contribution in [1.29, 1.82) is 0 Å². The number of pyridine rings is 1. The Morgan fingerprint density at radius 1 is 1.14 bits per heavy atom. The van der Waals surface area contributed by atoms with Gasteiger partial charge in [-0.2, -0.15) is 0 Å². The Morgan fingerprint density at radius 3 is 2.57 bits per heavy atom. The monoisotopic (exact) mass is 440 g/mol. The molecule has 0 aliphatic heterocycles. The minimum Gasteiger partial charge on any atom is -0.497 e. The van der Waals surface area contributed by atoms with E-state index >= 15 is 0 Å². The van der Waals surface area contributed by atoms with Gasteiger partial charge in [0.15, 0.2) is 0 Å². The van der Waals surface area contributed by atoms with E-state index in [-0.39, 0.29) is 27.2 Å². The van der Waals surface area contributed by atoms with Crippen LogP contribution in [0.1, 0.15) is 15.9 Å². The summed E-state index contributed by atoms with van der Waals surface area (Å²) < 4.78 is 33.3. The summed E-state index contributed by atoms with van der Waals surface area (Å²) in [5, 5.41) is 6.06. The Kier molecular flexibility index (Phi) is 5.76. The average molecular weight is 441 g/mol. The second-order valence-electron chi connectivity index (χ2n) is 5.76. The van der Waals surface area contributed by atoms with Crippen molar-refractivity contribution in [3.63, 3.8) is 0 Å². The minimum atomic E-state index is -3.99. The lowest BCUT2D eigenvalue weighted by Gasteiger charge is -2.10. The molecule has 0 unspecified atom stereocenters. The summed E-state index contributed by atoms with van der Waals surface area (Å²) in [6.07, 6.45) is 0. The van der Waals surface area contributed by atoms with E-state index in [4.69, 9.17) is 37.8 Å². The molecule has 146 valence electrons. The highest BCUT2D eigenvalue weighted by Crippen LogP contribution is 2.26. The van der Waals surface area contributed by atoms with Gasteiger partial charge in [-0.15, -0.1) is 0 Å². The van der Waals surface area contributed by atoms with E-state index in [0.29, 0.717) is 16.8 Å². The molecular weight excluding hydrogens is 427 g/mol. The number of fused-ring (bicyclic) bond motifs is 1. The lowest BCUT2D eigenvalue weighted by Crippen LogP contribution is -2.14.